The minimum atomic E-state index is -1.10. The van der Waals surface area contributed by atoms with E-state index in [4.69, 9.17) is 21.4 Å². The van der Waals surface area contributed by atoms with Crippen molar-refractivity contribution in [2.24, 2.45) is 0 Å². The van der Waals surface area contributed by atoms with Gasteiger partial charge in [-0.05, 0) is 36.8 Å². The van der Waals surface area contributed by atoms with Gasteiger partial charge in [-0.25, -0.2) is 4.79 Å². The maximum Gasteiger partial charge on any atom is 0.404 e. The van der Waals surface area contributed by atoms with E-state index in [0.29, 0.717) is 15.6 Å². The van der Waals surface area contributed by atoms with Gasteiger partial charge < -0.3 is 15.2 Å². The first-order chi connectivity index (χ1) is 10.5. The Labute approximate surface area is 136 Å². The molecule has 22 heavy (non-hydrogen) atoms. The van der Waals surface area contributed by atoms with E-state index in [1.54, 1.807) is 18.2 Å². The third-order valence-corrected chi connectivity index (χ3v) is 4.35. The van der Waals surface area contributed by atoms with Crippen LogP contribution in [0.1, 0.15) is 16.6 Å². The highest BCUT2D eigenvalue weighted by molar-refractivity contribution is 7.17. The van der Waals surface area contributed by atoms with Gasteiger partial charge in [-0.2, -0.15) is 0 Å². The van der Waals surface area contributed by atoms with Crippen molar-refractivity contribution >= 4 is 34.8 Å². The standard InChI is InChI=1S/C15H14ClNO4S/c1-9(18)13-4-5-14(22-13)10-2-3-11(16)12(8-10)21-7-6-17-15(19)20/h2-5,8,17H,6-7H2,1H3,(H,19,20). The minimum absolute atomic E-state index is 0.0291. The van der Waals surface area contributed by atoms with E-state index in [1.807, 2.05) is 12.1 Å². The fraction of sp³-hybridized carbons (Fsp3) is 0.200. The molecule has 116 valence electrons. The molecule has 2 N–H and O–H groups in total. The molecule has 0 radical (unpaired) electrons. The molecule has 0 spiro atoms. The molecule has 2 aromatic rings. The minimum Gasteiger partial charge on any atom is -0.490 e. The Morgan fingerprint density at radius 2 is 2.09 bits per heavy atom. The summed E-state index contributed by atoms with van der Waals surface area (Å²) in [5.74, 6) is 0.505. The highest BCUT2D eigenvalue weighted by Crippen LogP contribution is 2.34. The van der Waals surface area contributed by atoms with Crippen LogP contribution in [-0.4, -0.2) is 30.1 Å². The molecule has 0 unspecified atom stereocenters. The van der Waals surface area contributed by atoms with E-state index in [2.05, 4.69) is 5.32 Å². The summed E-state index contributed by atoms with van der Waals surface area (Å²) in [6, 6.07) is 9.00. The van der Waals surface area contributed by atoms with Crippen molar-refractivity contribution in [3.8, 4) is 16.2 Å². The normalized spacial score (nSPS) is 10.3. The summed E-state index contributed by atoms with van der Waals surface area (Å²) in [5, 5.41) is 11.1. The Bertz CT molecular complexity index is 699. The van der Waals surface area contributed by atoms with E-state index >= 15 is 0 Å². The molecule has 5 nitrogen and oxygen atoms in total. The second-order valence-electron chi connectivity index (χ2n) is 4.45. The maximum atomic E-state index is 11.4. The molecule has 0 aliphatic carbocycles. The van der Waals surface area contributed by atoms with Gasteiger partial charge in [-0.1, -0.05) is 17.7 Å². The van der Waals surface area contributed by atoms with Crippen LogP contribution in [0.3, 0.4) is 0 Å². The number of ketones is 1. The van der Waals surface area contributed by atoms with Crippen LogP contribution >= 0.6 is 22.9 Å². The van der Waals surface area contributed by atoms with Crippen molar-refractivity contribution in [2.75, 3.05) is 13.2 Å². The summed E-state index contributed by atoms with van der Waals surface area (Å²) < 4.78 is 5.48. The number of hydrogen-bond acceptors (Lipinski definition) is 4. The van der Waals surface area contributed by atoms with Gasteiger partial charge in [0, 0.05) is 4.88 Å². The van der Waals surface area contributed by atoms with E-state index in [1.165, 1.54) is 18.3 Å². The van der Waals surface area contributed by atoms with E-state index < -0.39 is 6.09 Å². The molecular formula is C15H14ClNO4S. The first-order valence-electron chi connectivity index (χ1n) is 6.47. The molecule has 0 aliphatic rings. The van der Waals surface area contributed by atoms with Gasteiger partial charge in [0.25, 0.3) is 0 Å². The van der Waals surface area contributed by atoms with Gasteiger partial charge >= 0.3 is 6.09 Å². The first-order valence-corrected chi connectivity index (χ1v) is 7.67. The number of carbonyl (C=O) groups excluding carboxylic acids is 1. The molecule has 0 aliphatic heterocycles. The fourth-order valence-electron chi connectivity index (χ4n) is 1.77. The molecule has 7 heteroatoms. The van der Waals surface area contributed by atoms with Crippen molar-refractivity contribution in [1.29, 1.82) is 0 Å². The van der Waals surface area contributed by atoms with Gasteiger partial charge in [0.15, 0.2) is 5.78 Å². The predicted molar refractivity (Wildman–Crippen MR) is 86.3 cm³/mol. The molecule has 0 saturated heterocycles. The summed E-state index contributed by atoms with van der Waals surface area (Å²) in [6.45, 7) is 1.88. The molecule has 0 atom stereocenters. The number of Topliss-reactive ketones (excluding diaryl/α,β-unsaturated/α-hetero) is 1. The lowest BCUT2D eigenvalue weighted by atomic mass is 10.2. The number of carbonyl (C=O) groups is 2. The largest absolute Gasteiger partial charge is 0.490 e. The third-order valence-electron chi connectivity index (χ3n) is 2.80. The van der Waals surface area contributed by atoms with Crippen LogP contribution in [-0.2, 0) is 0 Å². The first kappa shape index (κ1) is 16.3. The van der Waals surface area contributed by atoms with Crippen LogP contribution in [0.15, 0.2) is 30.3 Å². The lowest BCUT2D eigenvalue weighted by Gasteiger charge is -2.09. The van der Waals surface area contributed by atoms with Crippen LogP contribution in [0.4, 0.5) is 4.79 Å². The lowest BCUT2D eigenvalue weighted by Crippen LogP contribution is -2.26. The van der Waals surface area contributed by atoms with E-state index in [-0.39, 0.29) is 18.9 Å². The second kappa shape index (κ2) is 7.29. The fourth-order valence-corrected chi connectivity index (χ4v) is 2.84. The Balaban J connectivity index is 2.11. The highest BCUT2D eigenvalue weighted by Gasteiger charge is 2.09. The van der Waals surface area contributed by atoms with Gasteiger partial charge in [0.2, 0.25) is 0 Å². The zero-order valence-corrected chi connectivity index (χ0v) is 13.3. The molecule has 1 aromatic carbocycles. The number of ether oxygens (including phenoxy) is 1. The number of amides is 1. The Morgan fingerprint density at radius 1 is 1.32 bits per heavy atom. The average molecular weight is 340 g/mol. The summed E-state index contributed by atoms with van der Waals surface area (Å²) in [6.07, 6.45) is -1.10. The number of rotatable bonds is 6. The summed E-state index contributed by atoms with van der Waals surface area (Å²) >= 11 is 7.47. The van der Waals surface area contributed by atoms with Crippen LogP contribution in [0.25, 0.3) is 10.4 Å². The lowest BCUT2D eigenvalue weighted by molar-refractivity contribution is 0.102. The van der Waals surface area contributed by atoms with Gasteiger partial charge in [0.1, 0.15) is 12.4 Å². The summed E-state index contributed by atoms with van der Waals surface area (Å²) in [7, 11) is 0. The Hall–Kier alpha value is -2.05. The van der Waals surface area contributed by atoms with Gasteiger partial charge in [-0.15, -0.1) is 11.3 Å². The zero-order valence-electron chi connectivity index (χ0n) is 11.8. The average Bonchev–Trinajstić information content (AvgIpc) is 2.95. The molecule has 1 heterocycles. The SMILES string of the molecule is CC(=O)c1ccc(-c2ccc(Cl)c(OCCNC(=O)O)c2)s1. The number of benzene rings is 1. The van der Waals surface area contributed by atoms with Crippen LogP contribution in [0, 0.1) is 0 Å². The molecule has 0 fully saturated rings. The van der Waals surface area contributed by atoms with Crippen LogP contribution < -0.4 is 10.1 Å². The van der Waals surface area contributed by atoms with Crippen molar-refractivity contribution in [3.63, 3.8) is 0 Å². The predicted octanol–water partition coefficient (Wildman–Crippen LogP) is 3.92. The van der Waals surface area contributed by atoms with Crippen molar-refractivity contribution in [3.05, 3.63) is 40.2 Å². The van der Waals surface area contributed by atoms with Crippen LogP contribution in [0.5, 0.6) is 5.75 Å². The Morgan fingerprint density at radius 3 is 2.73 bits per heavy atom. The molecule has 0 saturated carbocycles. The van der Waals surface area contributed by atoms with Crippen LogP contribution in [0.2, 0.25) is 5.02 Å². The smallest absolute Gasteiger partial charge is 0.404 e. The molecule has 2 rings (SSSR count). The molecule has 1 amide bonds. The number of hydrogen-bond donors (Lipinski definition) is 2. The highest BCUT2D eigenvalue weighted by atomic mass is 35.5. The molecule has 0 bridgehead atoms. The van der Waals surface area contributed by atoms with Gasteiger partial charge in [0.05, 0.1) is 16.4 Å². The summed E-state index contributed by atoms with van der Waals surface area (Å²) in [4.78, 5) is 23.3. The number of thiophene rings is 1. The quantitative estimate of drug-likeness (QED) is 0.618. The monoisotopic (exact) mass is 339 g/mol. The van der Waals surface area contributed by atoms with Crippen molar-refractivity contribution in [1.82, 2.24) is 5.32 Å². The zero-order chi connectivity index (χ0) is 16.1. The Kier molecular flexibility index (Phi) is 5.41. The topological polar surface area (TPSA) is 75.6 Å². The summed E-state index contributed by atoms with van der Waals surface area (Å²) in [5.41, 5.74) is 0.892. The van der Waals surface area contributed by atoms with E-state index in [9.17, 15) is 9.59 Å². The third kappa shape index (κ3) is 4.22. The van der Waals surface area contributed by atoms with Crippen molar-refractivity contribution in [2.45, 2.75) is 6.92 Å². The second-order valence-corrected chi connectivity index (χ2v) is 5.94. The number of halogens is 1. The molecular weight excluding hydrogens is 326 g/mol. The van der Waals surface area contributed by atoms with Gasteiger partial charge in [-0.3, -0.25) is 4.79 Å². The van der Waals surface area contributed by atoms with Crippen molar-refractivity contribution < 1.29 is 19.4 Å². The number of carboxylic acid groups (broad SMARTS) is 1. The van der Waals surface area contributed by atoms with E-state index in [0.717, 1.165) is 10.4 Å². The molecule has 1 aromatic heterocycles. The maximum absolute atomic E-state index is 11.4. The number of nitrogens with one attached hydrogen (secondary N) is 1.